The molecule has 1 atom stereocenters. The summed E-state index contributed by atoms with van der Waals surface area (Å²) in [7, 11) is 4.77. The van der Waals surface area contributed by atoms with E-state index in [-0.39, 0.29) is 12.0 Å². The Bertz CT molecular complexity index is 408. The van der Waals surface area contributed by atoms with E-state index in [0.29, 0.717) is 19.4 Å². The number of carbonyl (C=O) groups is 1. The van der Waals surface area contributed by atoms with E-state index >= 15 is 0 Å². The average molecular weight is 281 g/mol. The van der Waals surface area contributed by atoms with E-state index in [9.17, 15) is 4.79 Å². The molecule has 0 spiro atoms. The summed E-state index contributed by atoms with van der Waals surface area (Å²) < 4.78 is 15.5. The predicted molar refractivity (Wildman–Crippen MR) is 77.3 cm³/mol. The molecule has 0 aromatic heterocycles. The molecule has 0 aliphatic carbocycles. The first kappa shape index (κ1) is 16.3. The van der Waals surface area contributed by atoms with Crippen molar-refractivity contribution in [1.82, 2.24) is 5.32 Å². The Balaban J connectivity index is 2.55. The van der Waals surface area contributed by atoms with Gasteiger partial charge < -0.3 is 19.5 Å². The molecular weight excluding hydrogens is 258 g/mol. The van der Waals surface area contributed by atoms with Gasteiger partial charge in [0.1, 0.15) is 17.6 Å². The van der Waals surface area contributed by atoms with E-state index in [2.05, 4.69) is 5.32 Å². The maximum Gasteiger partial charge on any atom is 0.249 e. The second-order valence-corrected chi connectivity index (χ2v) is 4.39. The Morgan fingerprint density at radius 2 is 1.75 bits per heavy atom. The van der Waals surface area contributed by atoms with Crippen molar-refractivity contribution >= 4 is 5.91 Å². The van der Waals surface area contributed by atoms with Crippen molar-refractivity contribution in [2.24, 2.45) is 0 Å². The van der Waals surface area contributed by atoms with Crippen LogP contribution in [-0.4, -0.2) is 39.9 Å². The van der Waals surface area contributed by atoms with Gasteiger partial charge in [-0.2, -0.15) is 0 Å². The van der Waals surface area contributed by atoms with Crippen molar-refractivity contribution in [3.63, 3.8) is 0 Å². The minimum Gasteiger partial charge on any atom is -0.497 e. The van der Waals surface area contributed by atoms with Crippen molar-refractivity contribution in [3.8, 4) is 11.5 Å². The van der Waals surface area contributed by atoms with E-state index in [1.54, 1.807) is 21.3 Å². The summed E-state index contributed by atoms with van der Waals surface area (Å²) in [4.78, 5) is 11.8. The van der Waals surface area contributed by atoms with Gasteiger partial charge >= 0.3 is 0 Å². The molecule has 5 nitrogen and oxygen atoms in total. The molecule has 5 heteroatoms. The lowest BCUT2D eigenvalue weighted by atomic mass is 10.1. The van der Waals surface area contributed by atoms with Gasteiger partial charge in [0.25, 0.3) is 0 Å². The van der Waals surface area contributed by atoms with Crippen LogP contribution in [0.2, 0.25) is 0 Å². The largest absolute Gasteiger partial charge is 0.497 e. The molecule has 0 radical (unpaired) electrons. The lowest BCUT2D eigenvalue weighted by Gasteiger charge is -2.13. The van der Waals surface area contributed by atoms with Crippen molar-refractivity contribution in [3.05, 3.63) is 23.8 Å². The van der Waals surface area contributed by atoms with Gasteiger partial charge in [-0.15, -0.1) is 0 Å². The van der Waals surface area contributed by atoms with E-state index in [1.807, 2.05) is 25.1 Å². The smallest absolute Gasteiger partial charge is 0.249 e. The highest BCUT2D eigenvalue weighted by molar-refractivity contribution is 5.80. The van der Waals surface area contributed by atoms with Crippen molar-refractivity contribution in [2.75, 3.05) is 27.9 Å². The first-order valence-corrected chi connectivity index (χ1v) is 6.67. The zero-order valence-corrected chi connectivity index (χ0v) is 12.6. The third kappa shape index (κ3) is 4.74. The van der Waals surface area contributed by atoms with Gasteiger partial charge in [0, 0.05) is 19.7 Å². The Labute approximate surface area is 120 Å². The van der Waals surface area contributed by atoms with Crippen molar-refractivity contribution in [1.29, 1.82) is 0 Å². The summed E-state index contributed by atoms with van der Waals surface area (Å²) >= 11 is 0. The SMILES string of the molecule is CCC(OC)C(=O)NCCc1cc(OC)cc(OC)c1. The quantitative estimate of drug-likeness (QED) is 0.789. The van der Waals surface area contributed by atoms with Crippen LogP contribution in [0.1, 0.15) is 18.9 Å². The van der Waals surface area contributed by atoms with Crippen molar-refractivity contribution in [2.45, 2.75) is 25.9 Å². The highest BCUT2D eigenvalue weighted by Gasteiger charge is 2.14. The van der Waals surface area contributed by atoms with Gasteiger partial charge in [0.2, 0.25) is 5.91 Å². The van der Waals surface area contributed by atoms with E-state index < -0.39 is 0 Å². The number of ether oxygens (including phenoxy) is 3. The summed E-state index contributed by atoms with van der Waals surface area (Å²) in [5.74, 6) is 1.41. The van der Waals surface area contributed by atoms with Crippen LogP contribution in [0.5, 0.6) is 11.5 Å². The number of benzene rings is 1. The van der Waals surface area contributed by atoms with E-state index in [4.69, 9.17) is 14.2 Å². The van der Waals surface area contributed by atoms with E-state index in [1.165, 1.54) is 0 Å². The van der Waals surface area contributed by atoms with Crippen LogP contribution in [0, 0.1) is 0 Å². The third-order valence-electron chi connectivity index (χ3n) is 3.07. The van der Waals surface area contributed by atoms with Crippen LogP contribution in [0.15, 0.2) is 18.2 Å². The Kier molecular flexibility index (Phi) is 6.87. The summed E-state index contributed by atoms with van der Waals surface area (Å²) in [6.07, 6.45) is 0.990. The highest BCUT2D eigenvalue weighted by atomic mass is 16.5. The molecular formula is C15H23NO4. The highest BCUT2D eigenvalue weighted by Crippen LogP contribution is 2.22. The van der Waals surface area contributed by atoms with Crippen molar-refractivity contribution < 1.29 is 19.0 Å². The van der Waals surface area contributed by atoms with Crippen LogP contribution in [0.25, 0.3) is 0 Å². The molecule has 1 amide bonds. The number of rotatable bonds is 8. The zero-order chi connectivity index (χ0) is 15.0. The van der Waals surface area contributed by atoms with Crippen LogP contribution in [-0.2, 0) is 16.0 Å². The number of nitrogens with one attached hydrogen (secondary N) is 1. The second-order valence-electron chi connectivity index (χ2n) is 4.39. The molecule has 0 saturated carbocycles. The number of hydrogen-bond donors (Lipinski definition) is 1. The maximum atomic E-state index is 11.8. The molecule has 0 bridgehead atoms. The lowest BCUT2D eigenvalue weighted by molar-refractivity contribution is -0.131. The molecule has 0 aliphatic rings. The summed E-state index contributed by atoms with van der Waals surface area (Å²) in [6.45, 7) is 2.47. The first-order chi connectivity index (χ1) is 9.64. The molecule has 0 fully saturated rings. The fourth-order valence-electron chi connectivity index (χ4n) is 1.91. The maximum absolute atomic E-state index is 11.8. The molecule has 0 saturated heterocycles. The normalized spacial score (nSPS) is 11.8. The fraction of sp³-hybridized carbons (Fsp3) is 0.533. The molecule has 1 aromatic rings. The minimum absolute atomic E-state index is 0.0788. The number of hydrogen-bond acceptors (Lipinski definition) is 4. The molecule has 1 rings (SSSR count). The molecule has 20 heavy (non-hydrogen) atoms. The number of amides is 1. The van der Waals surface area contributed by atoms with Crippen LogP contribution >= 0.6 is 0 Å². The van der Waals surface area contributed by atoms with Gasteiger partial charge in [-0.3, -0.25) is 4.79 Å². The molecule has 0 aliphatic heterocycles. The Morgan fingerprint density at radius 1 is 1.15 bits per heavy atom. The Morgan fingerprint density at radius 3 is 2.20 bits per heavy atom. The molecule has 0 heterocycles. The monoisotopic (exact) mass is 281 g/mol. The van der Waals surface area contributed by atoms with Crippen LogP contribution in [0.4, 0.5) is 0 Å². The molecule has 112 valence electrons. The second kappa shape index (κ2) is 8.43. The average Bonchev–Trinajstić information content (AvgIpc) is 2.48. The lowest BCUT2D eigenvalue weighted by Crippen LogP contribution is -2.36. The van der Waals surface area contributed by atoms with Crippen LogP contribution < -0.4 is 14.8 Å². The first-order valence-electron chi connectivity index (χ1n) is 6.67. The van der Waals surface area contributed by atoms with Gasteiger partial charge in [0.05, 0.1) is 14.2 Å². The fourth-order valence-corrected chi connectivity index (χ4v) is 1.91. The van der Waals surface area contributed by atoms with Gasteiger partial charge in [-0.1, -0.05) is 6.92 Å². The third-order valence-corrected chi connectivity index (χ3v) is 3.07. The number of methoxy groups -OCH3 is 3. The van der Waals surface area contributed by atoms with Crippen LogP contribution in [0.3, 0.4) is 0 Å². The minimum atomic E-state index is -0.380. The molecule has 1 N–H and O–H groups in total. The predicted octanol–water partition coefficient (Wildman–Crippen LogP) is 1.79. The summed E-state index contributed by atoms with van der Waals surface area (Å²) in [5.41, 5.74) is 1.05. The van der Waals surface area contributed by atoms with Gasteiger partial charge in [-0.05, 0) is 30.5 Å². The topological polar surface area (TPSA) is 56.8 Å². The Hall–Kier alpha value is -1.75. The molecule has 1 unspecified atom stereocenters. The zero-order valence-electron chi connectivity index (χ0n) is 12.6. The number of carbonyl (C=O) groups excluding carboxylic acids is 1. The standard InChI is InChI=1S/C15H23NO4/c1-5-14(20-4)15(17)16-7-6-11-8-12(18-2)10-13(9-11)19-3/h8-10,14H,5-7H2,1-4H3,(H,16,17). The molecule has 1 aromatic carbocycles. The van der Waals surface area contributed by atoms with E-state index in [0.717, 1.165) is 17.1 Å². The summed E-state index contributed by atoms with van der Waals surface area (Å²) in [5, 5.41) is 2.86. The van der Waals surface area contributed by atoms with Gasteiger partial charge in [0.15, 0.2) is 0 Å². The van der Waals surface area contributed by atoms with Gasteiger partial charge in [-0.25, -0.2) is 0 Å². The summed E-state index contributed by atoms with van der Waals surface area (Å²) in [6, 6.07) is 5.69.